The number of hydrogen-bond acceptors (Lipinski definition) is 2. The molecular formula is C9H18N2OS. The lowest BCUT2D eigenvalue weighted by molar-refractivity contribution is 0.204. The molecule has 0 amide bonds. The van der Waals surface area contributed by atoms with Crippen molar-refractivity contribution < 1.29 is 4.74 Å². The van der Waals surface area contributed by atoms with Crippen LogP contribution in [0.5, 0.6) is 0 Å². The summed E-state index contributed by atoms with van der Waals surface area (Å²) in [5, 5.41) is 7.00. The van der Waals surface area contributed by atoms with E-state index in [0.29, 0.717) is 6.61 Å². The molecule has 1 saturated carbocycles. The Morgan fingerprint density at radius 3 is 2.69 bits per heavy atom. The highest BCUT2D eigenvalue weighted by atomic mass is 32.1. The molecule has 0 aliphatic heterocycles. The van der Waals surface area contributed by atoms with Gasteiger partial charge in [-0.25, -0.2) is 0 Å². The summed E-state index contributed by atoms with van der Waals surface area (Å²) in [6, 6.07) is 0. The van der Waals surface area contributed by atoms with Crippen molar-refractivity contribution in [3.63, 3.8) is 0 Å². The third-order valence-electron chi connectivity index (χ3n) is 2.13. The zero-order chi connectivity index (χ0) is 9.52. The van der Waals surface area contributed by atoms with Gasteiger partial charge in [0, 0.05) is 20.2 Å². The van der Waals surface area contributed by atoms with Crippen LogP contribution in [0.2, 0.25) is 0 Å². The Labute approximate surface area is 85.2 Å². The van der Waals surface area contributed by atoms with Gasteiger partial charge in [0.1, 0.15) is 0 Å². The minimum absolute atomic E-state index is 0.699. The molecule has 0 aromatic carbocycles. The molecule has 2 N–H and O–H groups in total. The SMILES string of the molecule is COCCNC(=S)NCCC1CC1. The van der Waals surface area contributed by atoms with Crippen LogP contribution in [0, 0.1) is 5.92 Å². The van der Waals surface area contributed by atoms with E-state index < -0.39 is 0 Å². The molecule has 0 spiro atoms. The van der Waals surface area contributed by atoms with E-state index >= 15 is 0 Å². The number of ether oxygens (including phenoxy) is 1. The van der Waals surface area contributed by atoms with Gasteiger partial charge in [0.2, 0.25) is 0 Å². The fourth-order valence-electron chi connectivity index (χ4n) is 1.13. The summed E-state index contributed by atoms with van der Waals surface area (Å²) in [7, 11) is 1.69. The van der Waals surface area contributed by atoms with E-state index in [1.165, 1.54) is 19.3 Å². The van der Waals surface area contributed by atoms with Crippen LogP contribution in [0.3, 0.4) is 0 Å². The molecule has 1 aliphatic carbocycles. The largest absolute Gasteiger partial charge is 0.383 e. The van der Waals surface area contributed by atoms with Gasteiger partial charge in [-0.05, 0) is 24.6 Å². The van der Waals surface area contributed by atoms with Crippen LogP contribution in [-0.2, 0) is 4.74 Å². The van der Waals surface area contributed by atoms with Crippen molar-refractivity contribution in [2.24, 2.45) is 5.92 Å². The molecule has 0 unspecified atom stereocenters. The topological polar surface area (TPSA) is 33.3 Å². The summed E-state index contributed by atoms with van der Waals surface area (Å²) in [5.74, 6) is 0.967. The van der Waals surface area contributed by atoms with Crippen molar-refractivity contribution in [2.75, 3.05) is 26.8 Å². The first kappa shape index (κ1) is 10.7. The van der Waals surface area contributed by atoms with Crippen LogP contribution in [0.4, 0.5) is 0 Å². The summed E-state index contributed by atoms with van der Waals surface area (Å²) in [5.41, 5.74) is 0. The molecule has 3 nitrogen and oxygen atoms in total. The molecule has 0 aromatic rings. The van der Waals surface area contributed by atoms with Crippen LogP contribution >= 0.6 is 12.2 Å². The lowest BCUT2D eigenvalue weighted by Gasteiger charge is -2.09. The Balaban J connectivity index is 1.84. The van der Waals surface area contributed by atoms with Gasteiger partial charge in [-0.15, -0.1) is 0 Å². The van der Waals surface area contributed by atoms with Gasteiger partial charge in [-0.1, -0.05) is 12.8 Å². The molecule has 4 heteroatoms. The lowest BCUT2D eigenvalue weighted by atomic mass is 10.3. The van der Waals surface area contributed by atoms with Crippen molar-refractivity contribution in [2.45, 2.75) is 19.3 Å². The Kier molecular flexibility index (Phi) is 5.08. The molecule has 0 heterocycles. The quantitative estimate of drug-likeness (QED) is 0.495. The summed E-state index contributed by atoms with van der Waals surface area (Å²) in [6.07, 6.45) is 4.07. The average Bonchev–Trinajstić information content (AvgIpc) is 2.89. The van der Waals surface area contributed by atoms with Crippen LogP contribution < -0.4 is 10.6 Å². The number of hydrogen-bond donors (Lipinski definition) is 2. The van der Waals surface area contributed by atoms with E-state index in [2.05, 4.69) is 10.6 Å². The van der Waals surface area contributed by atoms with E-state index in [1.807, 2.05) is 0 Å². The second-order valence-corrected chi connectivity index (χ2v) is 3.82. The number of nitrogens with one attached hydrogen (secondary N) is 2. The van der Waals surface area contributed by atoms with Gasteiger partial charge in [0.15, 0.2) is 5.11 Å². The first-order valence-corrected chi connectivity index (χ1v) is 5.24. The number of methoxy groups -OCH3 is 1. The van der Waals surface area contributed by atoms with Gasteiger partial charge in [-0.2, -0.15) is 0 Å². The highest BCUT2D eigenvalue weighted by Gasteiger charge is 2.20. The predicted octanol–water partition coefficient (Wildman–Crippen LogP) is 0.897. The predicted molar refractivity (Wildman–Crippen MR) is 57.8 cm³/mol. The fraction of sp³-hybridized carbons (Fsp3) is 0.889. The molecule has 0 aromatic heterocycles. The second kappa shape index (κ2) is 6.16. The normalized spacial score (nSPS) is 15.5. The van der Waals surface area contributed by atoms with E-state index in [4.69, 9.17) is 17.0 Å². The maximum absolute atomic E-state index is 5.06. The smallest absolute Gasteiger partial charge is 0.166 e. The Morgan fingerprint density at radius 1 is 1.38 bits per heavy atom. The van der Waals surface area contributed by atoms with Crippen LogP contribution in [0.1, 0.15) is 19.3 Å². The van der Waals surface area contributed by atoms with E-state index in [-0.39, 0.29) is 0 Å². The van der Waals surface area contributed by atoms with Crippen molar-refractivity contribution in [1.82, 2.24) is 10.6 Å². The first-order chi connectivity index (χ1) is 6.33. The third-order valence-corrected chi connectivity index (χ3v) is 2.42. The highest BCUT2D eigenvalue weighted by molar-refractivity contribution is 7.80. The monoisotopic (exact) mass is 202 g/mol. The molecule has 0 bridgehead atoms. The van der Waals surface area contributed by atoms with Crippen molar-refractivity contribution in [3.05, 3.63) is 0 Å². The summed E-state index contributed by atoms with van der Waals surface area (Å²) in [6.45, 7) is 2.49. The molecule has 76 valence electrons. The summed E-state index contributed by atoms with van der Waals surface area (Å²) in [4.78, 5) is 0. The first-order valence-electron chi connectivity index (χ1n) is 4.83. The Hall–Kier alpha value is -0.350. The van der Waals surface area contributed by atoms with Gasteiger partial charge in [0.05, 0.1) is 6.61 Å². The highest BCUT2D eigenvalue weighted by Crippen LogP contribution is 2.31. The molecule has 1 aliphatic rings. The van der Waals surface area contributed by atoms with E-state index in [1.54, 1.807) is 7.11 Å². The van der Waals surface area contributed by atoms with E-state index in [0.717, 1.165) is 24.1 Å². The van der Waals surface area contributed by atoms with Gasteiger partial charge >= 0.3 is 0 Å². The van der Waals surface area contributed by atoms with Crippen molar-refractivity contribution in [1.29, 1.82) is 0 Å². The van der Waals surface area contributed by atoms with Gasteiger partial charge < -0.3 is 15.4 Å². The molecule has 0 atom stereocenters. The Morgan fingerprint density at radius 2 is 2.08 bits per heavy atom. The minimum Gasteiger partial charge on any atom is -0.383 e. The lowest BCUT2D eigenvalue weighted by Crippen LogP contribution is -2.37. The van der Waals surface area contributed by atoms with Crippen molar-refractivity contribution >= 4 is 17.3 Å². The zero-order valence-electron chi connectivity index (χ0n) is 8.14. The number of rotatable bonds is 6. The van der Waals surface area contributed by atoms with Gasteiger partial charge in [0.25, 0.3) is 0 Å². The van der Waals surface area contributed by atoms with E-state index in [9.17, 15) is 0 Å². The van der Waals surface area contributed by atoms with Crippen LogP contribution in [-0.4, -0.2) is 31.9 Å². The molecule has 0 saturated heterocycles. The molecule has 0 radical (unpaired) electrons. The summed E-state index contributed by atoms with van der Waals surface area (Å²) >= 11 is 5.06. The molecule has 1 fully saturated rings. The average molecular weight is 202 g/mol. The Bertz CT molecular complexity index is 160. The maximum atomic E-state index is 5.06. The third kappa shape index (κ3) is 5.82. The van der Waals surface area contributed by atoms with Crippen LogP contribution in [0.25, 0.3) is 0 Å². The molecule has 13 heavy (non-hydrogen) atoms. The standard InChI is InChI=1S/C9H18N2OS/c1-12-7-6-11-9(13)10-5-4-8-2-3-8/h8H,2-7H2,1H3,(H2,10,11,13). The maximum Gasteiger partial charge on any atom is 0.166 e. The fourth-order valence-corrected chi connectivity index (χ4v) is 1.33. The minimum atomic E-state index is 0.699. The van der Waals surface area contributed by atoms with Gasteiger partial charge in [-0.3, -0.25) is 0 Å². The van der Waals surface area contributed by atoms with Crippen molar-refractivity contribution in [3.8, 4) is 0 Å². The summed E-state index contributed by atoms with van der Waals surface area (Å²) < 4.78 is 4.90. The second-order valence-electron chi connectivity index (χ2n) is 3.41. The molecular weight excluding hydrogens is 184 g/mol. The van der Waals surface area contributed by atoms with Crippen LogP contribution in [0.15, 0.2) is 0 Å². The number of thiocarbonyl (C=S) groups is 1. The zero-order valence-corrected chi connectivity index (χ0v) is 8.95. The molecule has 1 rings (SSSR count).